The summed E-state index contributed by atoms with van der Waals surface area (Å²) in [7, 11) is 0. The summed E-state index contributed by atoms with van der Waals surface area (Å²) in [5.74, 6) is 1.30. The van der Waals surface area contributed by atoms with Gasteiger partial charge < -0.3 is 14.6 Å². The maximum Gasteiger partial charge on any atom is 0.316 e. The number of rotatable bonds is 5. The fourth-order valence-corrected chi connectivity index (χ4v) is 4.11. The van der Waals surface area contributed by atoms with Crippen LogP contribution in [0.4, 0.5) is 6.01 Å². The van der Waals surface area contributed by atoms with E-state index >= 15 is 0 Å². The van der Waals surface area contributed by atoms with Crippen LogP contribution >= 0.6 is 0 Å². The van der Waals surface area contributed by atoms with Crippen molar-refractivity contribution >= 4 is 11.9 Å². The second-order valence-corrected chi connectivity index (χ2v) is 8.08. The third kappa shape index (κ3) is 2.87. The summed E-state index contributed by atoms with van der Waals surface area (Å²) in [6.45, 7) is 3.60. The van der Waals surface area contributed by atoms with Gasteiger partial charge in [0.25, 0.3) is 0 Å². The summed E-state index contributed by atoms with van der Waals surface area (Å²) in [6.07, 6.45) is 7.77. The molecule has 0 bridgehead atoms. The SMILES string of the molecule is C[C@H](Nc1nnc([C@@H]2C[C@@H]2c2cc[nH]n2)o1)C(=O)N1CCC2(CC1)CC2. The van der Waals surface area contributed by atoms with Crippen molar-refractivity contribution in [3.05, 3.63) is 23.8 Å². The van der Waals surface area contributed by atoms with Crippen molar-refractivity contribution in [1.82, 2.24) is 25.3 Å². The Morgan fingerprint density at radius 1 is 1.31 bits per heavy atom. The van der Waals surface area contributed by atoms with Gasteiger partial charge in [0.05, 0.1) is 5.69 Å². The van der Waals surface area contributed by atoms with E-state index in [2.05, 4.69) is 25.7 Å². The molecule has 1 spiro atoms. The fraction of sp³-hybridized carbons (Fsp3) is 0.667. The Morgan fingerprint density at radius 2 is 2.12 bits per heavy atom. The third-order valence-electron chi connectivity index (χ3n) is 6.25. The first-order valence-corrected chi connectivity index (χ1v) is 9.52. The van der Waals surface area contributed by atoms with Gasteiger partial charge in [0.15, 0.2) is 0 Å². The molecular formula is C18H24N6O2. The fourth-order valence-electron chi connectivity index (χ4n) is 4.11. The van der Waals surface area contributed by atoms with Crippen LogP contribution in [0.25, 0.3) is 0 Å². The minimum atomic E-state index is -0.363. The summed E-state index contributed by atoms with van der Waals surface area (Å²) in [5.41, 5.74) is 1.61. The average Bonchev–Trinajstić information content (AvgIpc) is 3.48. The van der Waals surface area contributed by atoms with Crippen LogP contribution in [-0.2, 0) is 4.79 Å². The standard InChI is InChI=1S/C18H24N6O2/c1-11(16(25)24-8-5-18(3-4-18)6-9-24)20-17-23-22-15(26-17)13-10-12(13)14-2-7-19-21-14/h2,7,11-13H,3-6,8-10H2,1H3,(H,19,21)(H,20,23)/t11-,12-,13+/m0/s1. The molecule has 8 nitrogen and oxygen atoms in total. The highest BCUT2D eigenvalue weighted by molar-refractivity contribution is 5.83. The zero-order chi connectivity index (χ0) is 17.7. The Balaban J connectivity index is 1.16. The van der Waals surface area contributed by atoms with Crippen LogP contribution in [0.2, 0.25) is 0 Å². The first kappa shape index (κ1) is 15.8. The number of hydrogen-bond acceptors (Lipinski definition) is 6. The lowest BCUT2D eigenvalue weighted by atomic mass is 9.93. The van der Waals surface area contributed by atoms with Gasteiger partial charge in [-0.3, -0.25) is 9.89 Å². The van der Waals surface area contributed by atoms with Crippen molar-refractivity contribution in [2.24, 2.45) is 5.41 Å². The van der Waals surface area contributed by atoms with Crippen LogP contribution in [0, 0.1) is 5.41 Å². The highest BCUT2D eigenvalue weighted by Gasteiger charge is 2.46. The maximum atomic E-state index is 12.7. The molecule has 1 saturated heterocycles. The summed E-state index contributed by atoms with van der Waals surface area (Å²) >= 11 is 0. The monoisotopic (exact) mass is 356 g/mol. The molecule has 0 unspecified atom stereocenters. The van der Waals surface area contributed by atoms with Crippen molar-refractivity contribution in [1.29, 1.82) is 0 Å². The van der Waals surface area contributed by atoms with E-state index in [0.29, 0.717) is 23.2 Å². The van der Waals surface area contributed by atoms with Gasteiger partial charge in [-0.25, -0.2) is 0 Å². The Bertz CT molecular complexity index is 786. The first-order chi connectivity index (χ1) is 12.6. The van der Waals surface area contributed by atoms with E-state index in [1.807, 2.05) is 24.1 Å². The predicted octanol–water partition coefficient (Wildman–Crippen LogP) is 2.27. The van der Waals surface area contributed by atoms with Crippen LogP contribution in [0.15, 0.2) is 16.7 Å². The molecule has 26 heavy (non-hydrogen) atoms. The van der Waals surface area contributed by atoms with Gasteiger partial charge >= 0.3 is 6.01 Å². The quantitative estimate of drug-likeness (QED) is 0.852. The minimum Gasteiger partial charge on any atom is -0.408 e. The molecule has 0 aromatic carbocycles. The van der Waals surface area contributed by atoms with E-state index < -0.39 is 0 Å². The summed E-state index contributed by atoms with van der Waals surface area (Å²) in [4.78, 5) is 14.6. The van der Waals surface area contributed by atoms with Crippen molar-refractivity contribution in [2.45, 2.75) is 56.9 Å². The summed E-state index contributed by atoms with van der Waals surface area (Å²) in [5, 5.41) is 18.3. The average molecular weight is 356 g/mol. The Hall–Kier alpha value is -2.38. The maximum absolute atomic E-state index is 12.7. The van der Waals surface area contributed by atoms with Gasteiger partial charge in [0, 0.05) is 31.1 Å². The summed E-state index contributed by atoms with van der Waals surface area (Å²) < 4.78 is 5.75. The molecule has 2 saturated carbocycles. The number of aromatic nitrogens is 4. The van der Waals surface area contributed by atoms with Gasteiger partial charge in [-0.05, 0) is 50.5 Å². The molecule has 138 valence electrons. The van der Waals surface area contributed by atoms with Gasteiger partial charge in [-0.15, -0.1) is 5.10 Å². The van der Waals surface area contributed by atoms with Gasteiger partial charge in [0.1, 0.15) is 6.04 Å². The number of H-pyrrole nitrogens is 1. The van der Waals surface area contributed by atoms with E-state index in [-0.39, 0.29) is 17.9 Å². The second kappa shape index (κ2) is 5.82. The first-order valence-electron chi connectivity index (χ1n) is 9.52. The number of carbonyl (C=O) groups excluding carboxylic acids is 1. The lowest BCUT2D eigenvalue weighted by Crippen LogP contribution is -2.45. The van der Waals surface area contributed by atoms with Crippen molar-refractivity contribution < 1.29 is 9.21 Å². The van der Waals surface area contributed by atoms with Crippen LogP contribution in [0.3, 0.4) is 0 Å². The number of aromatic amines is 1. The molecule has 3 fully saturated rings. The molecule has 1 amide bonds. The highest BCUT2D eigenvalue weighted by Crippen LogP contribution is 2.54. The Kier molecular flexibility index (Phi) is 3.55. The second-order valence-electron chi connectivity index (χ2n) is 8.08. The van der Waals surface area contributed by atoms with Gasteiger partial charge in [-0.2, -0.15) is 5.10 Å². The van der Waals surface area contributed by atoms with E-state index in [9.17, 15) is 4.79 Å². The molecule has 2 aromatic heterocycles. The molecule has 2 aliphatic carbocycles. The third-order valence-corrected chi connectivity index (χ3v) is 6.25. The molecule has 3 aliphatic rings. The topological polar surface area (TPSA) is 99.9 Å². The number of piperidine rings is 1. The highest BCUT2D eigenvalue weighted by atomic mass is 16.4. The minimum absolute atomic E-state index is 0.112. The van der Waals surface area contributed by atoms with Crippen molar-refractivity contribution in [2.75, 3.05) is 18.4 Å². The molecule has 8 heteroatoms. The molecule has 2 aromatic rings. The van der Waals surface area contributed by atoms with Crippen molar-refractivity contribution in [3.8, 4) is 0 Å². The van der Waals surface area contributed by atoms with E-state index in [0.717, 1.165) is 38.0 Å². The molecule has 2 N–H and O–H groups in total. The number of anilines is 1. The molecule has 3 atom stereocenters. The van der Waals surface area contributed by atoms with E-state index in [1.165, 1.54) is 12.8 Å². The molecule has 1 aliphatic heterocycles. The van der Waals surface area contributed by atoms with Gasteiger partial charge in [0.2, 0.25) is 11.8 Å². The number of amides is 1. The Labute approximate surface area is 151 Å². The number of carbonyl (C=O) groups is 1. The largest absolute Gasteiger partial charge is 0.408 e. The molecule has 3 heterocycles. The van der Waals surface area contributed by atoms with Crippen LogP contribution < -0.4 is 5.32 Å². The number of nitrogens with one attached hydrogen (secondary N) is 2. The van der Waals surface area contributed by atoms with E-state index in [1.54, 1.807) is 0 Å². The smallest absolute Gasteiger partial charge is 0.316 e. The lowest BCUT2D eigenvalue weighted by Gasteiger charge is -2.33. The number of likely N-dealkylation sites (tertiary alicyclic amines) is 1. The normalized spacial score (nSPS) is 27.3. The Morgan fingerprint density at radius 3 is 2.81 bits per heavy atom. The summed E-state index contributed by atoms with van der Waals surface area (Å²) in [6, 6.07) is 1.94. The zero-order valence-corrected chi connectivity index (χ0v) is 14.9. The van der Waals surface area contributed by atoms with Crippen LogP contribution in [0.1, 0.15) is 62.4 Å². The van der Waals surface area contributed by atoms with Crippen LogP contribution in [-0.4, -0.2) is 50.3 Å². The van der Waals surface area contributed by atoms with Gasteiger partial charge in [-0.1, -0.05) is 5.10 Å². The van der Waals surface area contributed by atoms with E-state index in [4.69, 9.17) is 4.42 Å². The lowest BCUT2D eigenvalue weighted by molar-refractivity contribution is -0.133. The molecule has 5 rings (SSSR count). The number of hydrogen-bond donors (Lipinski definition) is 2. The zero-order valence-electron chi connectivity index (χ0n) is 14.9. The predicted molar refractivity (Wildman–Crippen MR) is 93.6 cm³/mol. The van der Waals surface area contributed by atoms with Crippen molar-refractivity contribution in [3.63, 3.8) is 0 Å². The molecular weight excluding hydrogens is 332 g/mol. The van der Waals surface area contributed by atoms with Crippen LogP contribution in [0.5, 0.6) is 0 Å². The molecule has 0 radical (unpaired) electrons. The number of nitrogens with zero attached hydrogens (tertiary/aromatic N) is 4.